The van der Waals surface area contributed by atoms with Gasteiger partial charge in [0.05, 0.1) is 0 Å². The molecule has 0 heterocycles. The number of halogens is 1. The maximum atomic E-state index is 13.2. The smallest absolute Gasteiger partial charge is 0.166 e. The zero-order valence-electron chi connectivity index (χ0n) is 10.7. The third kappa shape index (κ3) is 2.26. The van der Waals surface area contributed by atoms with Crippen LogP contribution in [0.2, 0.25) is 0 Å². The van der Waals surface area contributed by atoms with Crippen LogP contribution >= 0.6 is 0 Å². The predicted molar refractivity (Wildman–Crippen MR) is 66.6 cm³/mol. The molecule has 0 amide bonds. The molecule has 0 aromatic heterocycles. The lowest BCUT2D eigenvalue weighted by molar-refractivity contribution is 0.0839. The van der Waals surface area contributed by atoms with Gasteiger partial charge in [-0.1, -0.05) is 20.3 Å². The SMILES string of the molecule is Cc1cc(C(=O)C2CCCC2(C)C)ccc1F. The van der Waals surface area contributed by atoms with Gasteiger partial charge in [0.2, 0.25) is 0 Å². The van der Waals surface area contributed by atoms with Gasteiger partial charge in [0.1, 0.15) is 5.82 Å². The summed E-state index contributed by atoms with van der Waals surface area (Å²) in [6.07, 6.45) is 3.18. The normalized spacial score (nSPS) is 22.7. The molecule has 1 fully saturated rings. The van der Waals surface area contributed by atoms with Crippen LogP contribution in [0.25, 0.3) is 0 Å². The first-order chi connectivity index (χ1) is 7.92. The van der Waals surface area contributed by atoms with Crippen molar-refractivity contribution in [3.63, 3.8) is 0 Å². The fraction of sp³-hybridized carbons (Fsp3) is 0.533. The minimum atomic E-state index is -0.243. The summed E-state index contributed by atoms with van der Waals surface area (Å²) < 4.78 is 13.2. The maximum Gasteiger partial charge on any atom is 0.166 e. The highest BCUT2D eigenvalue weighted by atomic mass is 19.1. The molecule has 1 unspecified atom stereocenters. The summed E-state index contributed by atoms with van der Waals surface area (Å²) in [5.41, 5.74) is 1.29. The Morgan fingerprint density at radius 2 is 2.12 bits per heavy atom. The molecule has 2 heteroatoms. The molecule has 0 N–H and O–H groups in total. The van der Waals surface area contributed by atoms with Crippen LogP contribution in [0.1, 0.15) is 49.0 Å². The van der Waals surface area contributed by atoms with Gasteiger partial charge in [-0.15, -0.1) is 0 Å². The molecule has 0 spiro atoms. The van der Waals surface area contributed by atoms with Gasteiger partial charge in [0.25, 0.3) is 0 Å². The number of rotatable bonds is 2. The quantitative estimate of drug-likeness (QED) is 0.703. The molecule has 1 aromatic carbocycles. The van der Waals surface area contributed by atoms with Gasteiger partial charge in [-0.3, -0.25) is 4.79 Å². The third-order valence-corrected chi connectivity index (χ3v) is 4.02. The van der Waals surface area contributed by atoms with Crippen molar-refractivity contribution in [2.75, 3.05) is 0 Å². The average Bonchev–Trinajstić information content (AvgIpc) is 2.61. The van der Waals surface area contributed by atoms with E-state index in [1.54, 1.807) is 19.1 Å². The third-order valence-electron chi connectivity index (χ3n) is 4.02. The zero-order valence-corrected chi connectivity index (χ0v) is 10.7. The molecular weight excluding hydrogens is 215 g/mol. The molecule has 0 radical (unpaired) electrons. The first-order valence-electron chi connectivity index (χ1n) is 6.22. The monoisotopic (exact) mass is 234 g/mol. The Morgan fingerprint density at radius 3 is 2.65 bits per heavy atom. The lowest BCUT2D eigenvalue weighted by Crippen LogP contribution is -2.25. The lowest BCUT2D eigenvalue weighted by Gasteiger charge is -2.25. The van der Waals surface area contributed by atoms with Crippen LogP contribution in [0.4, 0.5) is 4.39 Å². The van der Waals surface area contributed by atoms with Gasteiger partial charge in [0, 0.05) is 11.5 Å². The number of hydrogen-bond donors (Lipinski definition) is 0. The summed E-state index contributed by atoms with van der Waals surface area (Å²) in [6.45, 7) is 6.00. The largest absolute Gasteiger partial charge is 0.294 e. The summed E-state index contributed by atoms with van der Waals surface area (Å²) >= 11 is 0. The number of carbonyl (C=O) groups excluding carboxylic acids is 1. The van der Waals surface area contributed by atoms with Gasteiger partial charge < -0.3 is 0 Å². The summed E-state index contributed by atoms with van der Waals surface area (Å²) in [5, 5.41) is 0. The molecule has 1 aromatic rings. The number of Topliss-reactive ketones (excluding diaryl/α,β-unsaturated/α-hetero) is 1. The highest BCUT2D eigenvalue weighted by molar-refractivity contribution is 5.98. The van der Waals surface area contributed by atoms with Crippen LogP contribution in [-0.2, 0) is 0 Å². The number of aryl methyl sites for hydroxylation is 1. The Kier molecular flexibility index (Phi) is 3.07. The van der Waals surface area contributed by atoms with E-state index in [1.807, 2.05) is 0 Å². The molecule has 2 rings (SSSR count). The molecule has 17 heavy (non-hydrogen) atoms. The molecule has 0 bridgehead atoms. The molecule has 1 saturated carbocycles. The summed E-state index contributed by atoms with van der Waals surface area (Å²) in [7, 11) is 0. The van der Waals surface area contributed by atoms with Crippen molar-refractivity contribution >= 4 is 5.78 Å². The molecule has 1 atom stereocenters. The highest BCUT2D eigenvalue weighted by Crippen LogP contribution is 2.44. The zero-order chi connectivity index (χ0) is 12.6. The number of carbonyl (C=O) groups is 1. The van der Waals surface area contributed by atoms with Crippen LogP contribution in [0, 0.1) is 24.1 Å². The Labute approximate surface area is 102 Å². The average molecular weight is 234 g/mol. The molecule has 1 nitrogen and oxygen atoms in total. The van der Waals surface area contributed by atoms with Crippen LogP contribution in [-0.4, -0.2) is 5.78 Å². The second-order valence-corrected chi connectivity index (χ2v) is 5.76. The fourth-order valence-electron chi connectivity index (χ4n) is 2.81. The Bertz CT molecular complexity index is 448. The van der Waals surface area contributed by atoms with E-state index in [1.165, 1.54) is 6.07 Å². The van der Waals surface area contributed by atoms with E-state index in [4.69, 9.17) is 0 Å². The first kappa shape index (κ1) is 12.3. The van der Waals surface area contributed by atoms with Gasteiger partial charge in [-0.25, -0.2) is 4.39 Å². The van der Waals surface area contributed by atoms with E-state index in [0.717, 1.165) is 19.3 Å². The lowest BCUT2D eigenvalue weighted by atomic mass is 9.77. The molecule has 0 aliphatic heterocycles. The molecule has 1 aliphatic rings. The second-order valence-electron chi connectivity index (χ2n) is 5.76. The second kappa shape index (κ2) is 4.25. The van der Waals surface area contributed by atoms with E-state index >= 15 is 0 Å². The van der Waals surface area contributed by atoms with Crippen molar-refractivity contribution in [3.05, 3.63) is 35.1 Å². The van der Waals surface area contributed by atoms with Crippen LogP contribution in [0.15, 0.2) is 18.2 Å². The van der Waals surface area contributed by atoms with Crippen molar-refractivity contribution in [1.29, 1.82) is 0 Å². The van der Waals surface area contributed by atoms with Crippen molar-refractivity contribution < 1.29 is 9.18 Å². The number of benzene rings is 1. The van der Waals surface area contributed by atoms with Crippen LogP contribution < -0.4 is 0 Å². The van der Waals surface area contributed by atoms with E-state index in [9.17, 15) is 9.18 Å². The van der Waals surface area contributed by atoms with Gasteiger partial charge in [0.15, 0.2) is 5.78 Å². The highest BCUT2D eigenvalue weighted by Gasteiger charge is 2.39. The van der Waals surface area contributed by atoms with Crippen LogP contribution in [0.5, 0.6) is 0 Å². The van der Waals surface area contributed by atoms with E-state index < -0.39 is 0 Å². The molecule has 0 saturated heterocycles. The standard InChI is InChI=1S/C15H19FO/c1-10-9-11(6-7-13(10)16)14(17)12-5-4-8-15(12,2)3/h6-7,9,12H,4-5,8H2,1-3H3. The predicted octanol–water partition coefficient (Wildman–Crippen LogP) is 4.14. The van der Waals surface area contributed by atoms with Gasteiger partial charge in [-0.2, -0.15) is 0 Å². The van der Waals surface area contributed by atoms with Crippen LogP contribution in [0.3, 0.4) is 0 Å². The number of hydrogen-bond acceptors (Lipinski definition) is 1. The molecule has 92 valence electrons. The maximum absolute atomic E-state index is 13.2. The number of ketones is 1. The Hall–Kier alpha value is -1.18. The minimum absolute atomic E-state index is 0.0827. The Morgan fingerprint density at radius 1 is 1.41 bits per heavy atom. The van der Waals surface area contributed by atoms with E-state index in [-0.39, 0.29) is 22.9 Å². The fourth-order valence-corrected chi connectivity index (χ4v) is 2.81. The van der Waals surface area contributed by atoms with Crippen molar-refractivity contribution in [2.45, 2.75) is 40.0 Å². The first-order valence-corrected chi connectivity index (χ1v) is 6.22. The van der Waals surface area contributed by atoms with Gasteiger partial charge >= 0.3 is 0 Å². The van der Waals surface area contributed by atoms with Crippen molar-refractivity contribution in [3.8, 4) is 0 Å². The molecule has 1 aliphatic carbocycles. The summed E-state index contributed by atoms with van der Waals surface area (Å²) in [5.74, 6) is 0.0233. The van der Waals surface area contributed by atoms with Gasteiger partial charge in [-0.05, 0) is 48.9 Å². The Balaban J connectivity index is 2.28. The topological polar surface area (TPSA) is 17.1 Å². The summed E-state index contributed by atoms with van der Waals surface area (Å²) in [6, 6.07) is 4.68. The molecular formula is C15H19FO. The van der Waals surface area contributed by atoms with Crippen molar-refractivity contribution in [1.82, 2.24) is 0 Å². The summed E-state index contributed by atoms with van der Waals surface area (Å²) in [4.78, 5) is 12.4. The van der Waals surface area contributed by atoms with Crippen molar-refractivity contribution in [2.24, 2.45) is 11.3 Å². The van der Waals surface area contributed by atoms with E-state index in [0.29, 0.717) is 11.1 Å². The van der Waals surface area contributed by atoms with E-state index in [2.05, 4.69) is 13.8 Å². The minimum Gasteiger partial charge on any atom is -0.294 e.